The SMILES string of the molecule is Cc1ccc2c(N(S(=O)(=O)c3ccccc3)S(=O)(=O)c3ccccc3)ccc(NC(=O)C(C)(C)C)c2n1. The molecule has 0 saturated heterocycles. The summed E-state index contributed by atoms with van der Waals surface area (Å²) in [4.78, 5) is 16.9. The molecule has 0 unspecified atom stereocenters. The molecule has 0 bridgehead atoms. The first kappa shape index (κ1) is 26.3. The number of anilines is 2. The molecule has 0 aliphatic carbocycles. The van der Waals surface area contributed by atoms with Crippen molar-refractivity contribution in [2.45, 2.75) is 37.5 Å². The lowest BCUT2D eigenvalue weighted by Gasteiger charge is -2.26. The molecule has 1 heterocycles. The molecular formula is C27H27N3O5S2. The van der Waals surface area contributed by atoms with Gasteiger partial charge in [-0.15, -0.1) is 0 Å². The molecule has 3 aromatic carbocycles. The number of hydrogen-bond acceptors (Lipinski definition) is 6. The molecule has 0 saturated carbocycles. The lowest BCUT2D eigenvalue weighted by atomic mass is 9.95. The molecule has 10 heteroatoms. The molecule has 192 valence electrons. The highest BCUT2D eigenvalue weighted by Crippen LogP contribution is 2.38. The molecule has 1 amide bonds. The summed E-state index contributed by atoms with van der Waals surface area (Å²) in [5, 5.41) is 3.09. The average Bonchev–Trinajstić information content (AvgIpc) is 2.85. The van der Waals surface area contributed by atoms with Crippen LogP contribution < -0.4 is 9.03 Å². The number of aryl methyl sites for hydroxylation is 1. The first-order valence-electron chi connectivity index (χ1n) is 11.5. The molecule has 1 aromatic heterocycles. The van der Waals surface area contributed by atoms with Crippen LogP contribution in [0.1, 0.15) is 26.5 Å². The summed E-state index contributed by atoms with van der Waals surface area (Å²) in [6.45, 7) is 7.04. The molecule has 0 spiro atoms. The number of fused-ring (bicyclic) bond motifs is 1. The summed E-state index contributed by atoms with van der Waals surface area (Å²) in [7, 11) is -9.18. The van der Waals surface area contributed by atoms with Crippen molar-refractivity contribution in [1.82, 2.24) is 4.98 Å². The van der Waals surface area contributed by atoms with Gasteiger partial charge in [-0.1, -0.05) is 57.2 Å². The molecule has 1 N–H and O–H groups in total. The topological polar surface area (TPSA) is 114 Å². The van der Waals surface area contributed by atoms with Gasteiger partial charge in [0.2, 0.25) is 5.91 Å². The van der Waals surface area contributed by atoms with Crippen LogP contribution in [0.15, 0.2) is 94.7 Å². The Morgan fingerprint density at radius 3 is 1.76 bits per heavy atom. The summed E-state index contributed by atoms with van der Waals surface area (Å²) < 4.78 is 56.1. The monoisotopic (exact) mass is 537 g/mol. The van der Waals surface area contributed by atoms with E-state index in [0.717, 1.165) is 0 Å². The molecule has 0 radical (unpaired) electrons. The van der Waals surface area contributed by atoms with Crippen molar-refractivity contribution < 1.29 is 21.6 Å². The number of nitrogens with zero attached hydrogens (tertiary/aromatic N) is 2. The number of pyridine rings is 1. The Labute approximate surface area is 217 Å². The van der Waals surface area contributed by atoms with Crippen LogP contribution in [0.3, 0.4) is 0 Å². The van der Waals surface area contributed by atoms with Gasteiger partial charge in [0.15, 0.2) is 0 Å². The van der Waals surface area contributed by atoms with E-state index in [1.807, 2.05) is 0 Å². The highest BCUT2D eigenvalue weighted by Gasteiger charge is 2.38. The number of sulfonamides is 2. The highest BCUT2D eigenvalue weighted by atomic mass is 32.3. The zero-order valence-corrected chi connectivity index (χ0v) is 22.5. The lowest BCUT2D eigenvalue weighted by molar-refractivity contribution is -0.123. The van der Waals surface area contributed by atoms with Crippen LogP contribution in [0.5, 0.6) is 0 Å². The van der Waals surface area contributed by atoms with E-state index < -0.39 is 25.5 Å². The van der Waals surface area contributed by atoms with Crippen molar-refractivity contribution in [3.8, 4) is 0 Å². The molecule has 0 atom stereocenters. The van der Waals surface area contributed by atoms with Crippen molar-refractivity contribution >= 4 is 48.2 Å². The van der Waals surface area contributed by atoms with Crippen LogP contribution in [0.4, 0.5) is 11.4 Å². The molecule has 0 aliphatic rings. The number of aromatic nitrogens is 1. The standard InChI is InChI=1S/C27H27N3O5S2/c1-19-15-16-22-24(18-17-23(25(22)28-19)29-26(31)27(2,3)4)30(36(32,33)20-11-7-5-8-12-20)37(34,35)21-13-9-6-10-14-21/h5-18H,1-4H3,(H,29,31). The Hall–Kier alpha value is -3.76. The fourth-order valence-electron chi connectivity index (χ4n) is 3.63. The lowest BCUT2D eigenvalue weighted by Crippen LogP contribution is -2.37. The van der Waals surface area contributed by atoms with Gasteiger partial charge in [-0.3, -0.25) is 9.78 Å². The Morgan fingerprint density at radius 2 is 1.27 bits per heavy atom. The molecular weight excluding hydrogens is 510 g/mol. The van der Waals surface area contributed by atoms with Crippen LogP contribution in [-0.4, -0.2) is 27.7 Å². The molecule has 4 rings (SSSR count). The quantitative estimate of drug-likeness (QED) is 0.366. The second kappa shape index (κ2) is 9.60. The van der Waals surface area contributed by atoms with Gasteiger partial charge in [-0.2, -0.15) is 3.71 Å². The third kappa shape index (κ3) is 5.07. The van der Waals surface area contributed by atoms with Gasteiger partial charge in [0.25, 0.3) is 20.0 Å². The first-order valence-corrected chi connectivity index (χ1v) is 14.3. The number of amides is 1. The second-order valence-corrected chi connectivity index (χ2v) is 13.3. The van der Waals surface area contributed by atoms with Crippen LogP contribution in [0, 0.1) is 12.3 Å². The van der Waals surface area contributed by atoms with Gasteiger partial charge in [-0.25, -0.2) is 16.8 Å². The van der Waals surface area contributed by atoms with Gasteiger partial charge in [0, 0.05) is 16.5 Å². The molecule has 4 aromatic rings. The van der Waals surface area contributed by atoms with E-state index in [-0.39, 0.29) is 32.3 Å². The van der Waals surface area contributed by atoms with Gasteiger partial charge >= 0.3 is 0 Å². The number of carbonyl (C=O) groups is 1. The zero-order valence-electron chi connectivity index (χ0n) is 20.8. The average molecular weight is 538 g/mol. The predicted octanol–water partition coefficient (Wildman–Crippen LogP) is 5.11. The minimum Gasteiger partial charge on any atom is -0.324 e. The van der Waals surface area contributed by atoms with Crippen LogP contribution in [0.2, 0.25) is 0 Å². The van der Waals surface area contributed by atoms with Crippen molar-refractivity contribution in [2.75, 3.05) is 9.03 Å². The molecule has 0 fully saturated rings. The number of nitrogens with one attached hydrogen (secondary N) is 1. The van der Waals surface area contributed by atoms with Crippen molar-refractivity contribution in [2.24, 2.45) is 5.41 Å². The second-order valence-electron chi connectivity index (χ2n) is 9.52. The number of hydrogen-bond donors (Lipinski definition) is 1. The van der Waals surface area contributed by atoms with Crippen LogP contribution in [-0.2, 0) is 24.8 Å². The van der Waals surface area contributed by atoms with Crippen molar-refractivity contribution in [3.63, 3.8) is 0 Å². The van der Waals surface area contributed by atoms with Gasteiger partial charge < -0.3 is 5.32 Å². The van der Waals surface area contributed by atoms with E-state index in [0.29, 0.717) is 15.1 Å². The minimum absolute atomic E-state index is 0.107. The van der Waals surface area contributed by atoms with Gasteiger partial charge in [0.1, 0.15) is 0 Å². The van der Waals surface area contributed by atoms with E-state index in [1.54, 1.807) is 52.0 Å². The normalized spacial score (nSPS) is 12.3. The summed E-state index contributed by atoms with van der Waals surface area (Å²) >= 11 is 0. The summed E-state index contributed by atoms with van der Waals surface area (Å²) in [6.07, 6.45) is 0. The van der Waals surface area contributed by atoms with Crippen LogP contribution in [0.25, 0.3) is 10.9 Å². The number of rotatable bonds is 6. The predicted molar refractivity (Wildman–Crippen MR) is 144 cm³/mol. The molecule has 0 aliphatic heterocycles. The fourth-order valence-corrected chi connectivity index (χ4v) is 7.41. The van der Waals surface area contributed by atoms with Gasteiger partial charge in [-0.05, 0) is 55.5 Å². The van der Waals surface area contributed by atoms with E-state index in [2.05, 4.69) is 10.3 Å². The third-order valence-electron chi connectivity index (χ3n) is 5.62. The highest BCUT2D eigenvalue weighted by molar-refractivity contribution is 8.10. The summed E-state index contributed by atoms with van der Waals surface area (Å²) in [5.41, 5.74) is 0.417. The zero-order chi connectivity index (χ0) is 27.0. The minimum atomic E-state index is -4.59. The maximum absolute atomic E-state index is 13.9. The third-order valence-corrected chi connectivity index (χ3v) is 9.80. The van der Waals surface area contributed by atoms with E-state index in [1.165, 1.54) is 60.7 Å². The van der Waals surface area contributed by atoms with Crippen molar-refractivity contribution in [1.29, 1.82) is 0 Å². The Bertz CT molecular complexity index is 1610. The first-order chi connectivity index (χ1) is 17.3. The fraction of sp³-hybridized carbons (Fsp3) is 0.185. The Morgan fingerprint density at radius 1 is 0.757 bits per heavy atom. The Balaban J connectivity index is 2.03. The van der Waals surface area contributed by atoms with Gasteiger partial charge in [0.05, 0.1) is 26.7 Å². The summed E-state index contributed by atoms with van der Waals surface area (Å²) in [6, 6.07) is 20.8. The molecule has 8 nitrogen and oxygen atoms in total. The maximum atomic E-state index is 13.9. The maximum Gasteiger partial charge on any atom is 0.277 e. The van der Waals surface area contributed by atoms with E-state index >= 15 is 0 Å². The largest absolute Gasteiger partial charge is 0.324 e. The number of benzene rings is 3. The van der Waals surface area contributed by atoms with E-state index in [9.17, 15) is 21.6 Å². The van der Waals surface area contributed by atoms with E-state index in [4.69, 9.17) is 0 Å². The van der Waals surface area contributed by atoms with Crippen LogP contribution >= 0.6 is 0 Å². The smallest absolute Gasteiger partial charge is 0.277 e. The Kier molecular flexibility index (Phi) is 6.83. The molecule has 37 heavy (non-hydrogen) atoms. The van der Waals surface area contributed by atoms with Crippen molar-refractivity contribution in [3.05, 3.63) is 90.6 Å². The number of carbonyl (C=O) groups excluding carboxylic acids is 1. The summed E-state index contributed by atoms with van der Waals surface area (Å²) in [5.74, 6) is -0.268.